The summed E-state index contributed by atoms with van der Waals surface area (Å²) >= 11 is 0. The van der Waals surface area contributed by atoms with Crippen LogP contribution in [0.3, 0.4) is 0 Å². The second-order valence-corrected chi connectivity index (χ2v) is 8.51. The zero-order chi connectivity index (χ0) is 16.4. The minimum atomic E-state index is -3.04. The molecule has 0 spiro atoms. The van der Waals surface area contributed by atoms with E-state index in [2.05, 4.69) is 15.3 Å². The maximum absolute atomic E-state index is 11.8. The van der Waals surface area contributed by atoms with Crippen molar-refractivity contribution in [2.75, 3.05) is 37.1 Å². The highest BCUT2D eigenvalue weighted by molar-refractivity contribution is 7.90. The van der Waals surface area contributed by atoms with Gasteiger partial charge in [0.1, 0.15) is 21.5 Å². The van der Waals surface area contributed by atoms with Crippen LogP contribution in [0, 0.1) is 26.2 Å². The lowest BCUT2D eigenvalue weighted by atomic mass is 9.82. The number of hydrogen-bond acceptors (Lipinski definition) is 6. The van der Waals surface area contributed by atoms with Crippen molar-refractivity contribution in [2.45, 2.75) is 33.6 Å². The lowest BCUT2D eigenvalue weighted by molar-refractivity contribution is 0.0315. The van der Waals surface area contributed by atoms with E-state index in [9.17, 15) is 8.42 Å². The Bertz CT molecular complexity index is 638. The Morgan fingerprint density at radius 3 is 2.41 bits per heavy atom. The van der Waals surface area contributed by atoms with Crippen LogP contribution in [-0.2, 0) is 14.6 Å². The van der Waals surface area contributed by atoms with E-state index in [1.165, 1.54) is 6.26 Å². The largest absolute Gasteiger partial charge is 0.381 e. The Kier molecular flexibility index (Phi) is 5.07. The van der Waals surface area contributed by atoms with Gasteiger partial charge in [0.05, 0.1) is 5.75 Å². The Balaban J connectivity index is 2.18. The molecule has 0 aromatic carbocycles. The summed E-state index contributed by atoms with van der Waals surface area (Å²) in [7, 11) is -3.04. The van der Waals surface area contributed by atoms with Crippen molar-refractivity contribution in [2.24, 2.45) is 5.41 Å². The smallest absolute Gasteiger partial charge is 0.148 e. The third-order valence-corrected chi connectivity index (χ3v) is 5.39. The third kappa shape index (κ3) is 4.39. The second kappa shape index (κ2) is 6.50. The molecule has 0 aliphatic carbocycles. The molecule has 1 saturated heterocycles. The third-order valence-electron chi connectivity index (χ3n) is 4.25. The highest BCUT2D eigenvalue weighted by Crippen LogP contribution is 2.32. The van der Waals surface area contributed by atoms with Crippen LogP contribution in [0.25, 0.3) is 0 Å². The maximum Gasteiger partial charge on any atom is 0.148 e. The van der Waals surface area contributed by atoms with Crippen molar-refractivity contribution in [3.63, 3.8) is 0 Å². The zero-order valence-corrected chi connectivity index (χ0v) is 14.6. The molecule has 1 fully saturated rings. The van der Waals surface area contributed by atoms with Crippen molar-refractivity contribution in [1.82, 2.24) is 9.97 Å². The first kappa shape index (κ1) is 17.1. The van der Waals surface area contributed by atoms with E-state index in [0.29, 0.717) is 19.8 Å². The van der Waals surface area contributed by atoms with Crippen molar-refractivity contribution in [1.29, 1.82) is 0 Å². The number of nitrogens with one attached hydrogen (secondary N) is 1. The standard InChI is InChI=1S/C15H25N3O3S/c1-11-12(2)17-13(3)18-14(11)16-9-15(10-22(4,19)20)5-7-21-8-6-15/h5-10H2,1-4H3,(H,16,17,18). The normalized spacial score (nSPS) is 18.2. The van der Waals surface area contributed by atoms with Crippen LogP contribution >= 0.6 is 0 Å². The van der Waals surface area contributed by atoms with E-state index < -0.39 is 9.84 Å². The number of hydrogen-bond donors (Lipinski definition) is 1. The van der Waals surface area contributed by atoms with Gasteiger partial charge in [-0.2, -0.15) is 0 Å². The van der Waals surface area contributed by atoms with Gasteiger partial charge in [-0.15, -0.1) is 0 Å². The first-order chi connectivity index (χ1) is 10.2. The molecule has 22 heavy (non-hydrogen) atoms. The first-order valence-corrected chi connectivity index (χ1v) is 9.58. The van der Waals surface area contributed by atoms with E-state index in [1.54, 1.807) is 0 Å². The SMILES string of the molecule is Cc1nc(C)c(C)c(NCC2(CS(C)(=O)=O)CCOCC2)n1. The van der Waals surface area contributed by atoms with E-state index in [1.807, 2.05) is 20.8 Å². The fraction of sp³-hybridized carbons (Fsp3) is 0.733. The molecule has 1 aliphatic heterocycles. The molecule has 0 radical (unpaired) electrons. The summed E-state index contributed by atoms with van der Waals surface area (Å²) in [5.41, 5.74) is 1.66. The molecule has 1 N–H and O–H groups in total. The molecule has 0 atom stereocenters. The average molecular weight is 327 g/mol. The number of nitrogens with zero attached hydrogens (tertiary/aromatic N) is 2. The maximum atomic E-state index is 11.8. The van der Waals surface area contributed by atoms with Crippen LogP contribution in [0.2, 0.25) is 0 Å². The van der Waals surface area contributed by atoms with Gasteiger partial charge in [-0.25, -0.2) is 18.4 Å². The highest BCUT2D eigenvalue weighted by Gasteiger charge is 2.36. The second-order valence-electron chi connectivity index (χ2n) is 6.37. The minimum absolute atomic E-state index is 0.179. The van der Waals surface area contributed by atoms with Gasteiger partial charge >= 0.3 is 0 Å². The molecule has 2 heterocycles. The van der Waals surface area contributed by atoms with Crippen molar-refractivity contribution >= 4 is 15.7 Å². The van der Waals surface area contributed by atoms with Crippen LogP contribution in [-0.4, -0.2) is 50.2 Å². The number of rotatable bonds is 5. The highest BCUT2D eigenvalue weighted by atomic mass is 32.2. The average Bonchev–Trinajstić information content (AvgIpc) is 2.40. The van der Waals surface area contributed by atoms with Gasteiger partial charge in [0.15, 0.2) is 0 Å². The van der Waals surface area contributed by atoms with E-state index in [4.69, 9.17) is 4.74 Å². The number of anilines is 1. The summed E-state index contributed by atoms with van der Waals surface area (Å²) in [6, 6.07) is 0. The molecule has 124 valence electrons. The molecular formula is C15H25N3O3S. The topological polar surface area (TPSA) is 81.2 Å². The Labute approximate surface area is 132 Å². The van der Waals surface area contributed by atoms with E-state index in [0.717, 1.165) is 35.7 Å². The number of sulfone groups is 1. The van der Waals surface area contributed by atoms with Crippen molar-refractivity contribution < 1.29 is 13.2 Å². The molecule has 0 saturated carbocycles. The lowest BCUT2D eigenvalue weighted by Gasteiger charge is -2.37. The summed E-state index contributed by atoms with van der Waals surface area (Å²) in [6.45, 7) is 7.59. The molecular weight excluding hydrogens is 302 g/mol. The Morgan fingerprint density at radius 2 is 1.82 bits per heavy atom. The number of aromatic nitrogens is 2. The van der Waals surface area contributed by atoms with Crippen molar-refractivity contribution in [3.8, 4) is 0 Å². The quantitative estimate of drug-likeness (QED) is 0.886. The number of ether oxygens (including phenoxy) is 1. The van der Waals surface area contributed by atoms with Crippen LogP contribution in [0.1, 0.15) is 29.9 Å². The van der Waals surface area contributed by atoms with Crippen molar-refractivity contribution in [3.05, 3.63) is 17.1 Å². The summed E-state index contributed by atoms with van der Waals surface area (Å²) in [5, 5.41) is 3.36. The van der Waals surface area contributed by atoms with Crippen LogP contribution in [0.15, 0.2) is 0 Å². The molecule has 1 aromatic heterocycles. The summed E-state index contributed by atoms with van der Waals surface area (Å²) < 4.78 is 29.0. The molecule has 0 bridgehead atoms. The predicted molar refractivity (Wildman–Crippen MR) is 86.9 cm³/mol. The van der Waals surface area contributed by atoms with E-state index >= 15 is 0 Å². The summed E-state index contributed by atoms with van der Waals surface area (Å²) in [4.78, 5) is 8.78. The summed E-state index contributed by atoms with van der Waals surface area (Å²) in [5.74, 6) is 1.69. The van der Waals surface area contributed by atoms with E-state index in [-0.39, 0.29) is 11.2 Å². The first-order valence-electron chi connectivity index (χ1n) is 7.52. The van der Waals surface area contributed by atoms with Crippen LogP contribution in [0.5, 0.6) is 0 Å². The number of aryl methyl sites for hydroxylation is 2. The van der Waals surface area contributed by atoms with Gasteiger partial charge in [-0.1, -0.05) is 0 Å². The molecule has 6 nitrogen and oxygen atoms in total. The fourth-order valence-electron chi connectivity index (χ4n) is 2.94. The van der Waals surface area contributed by atoms with Crippen LogP contribution < -0.4 is 5.32 Å². The monoisotopic (exact) mass is 327 g/mol. The molecule has 2 rings (SSSR count). The Hall–Kier alpha value is -1.21. The fourth-order valence-corrected chi connectivity index (χ4v) is 4.45. The predicted octanol–water partition coefficient (Wildman–Crippen LogP) is 1.66. The minimum Gasteiger partial charge on any atom is -0.381 e. The molecule has 1 aliphatic rings. The zero-order valence-electron chi connectivity index (χ0n) is 13.8. The van der Waals surface area contributed by atoms with Gasteiger partial charge in [0, 0.05) is 42.7 Å². The van der Waals surface area contributed by atoms with Gasteiger partial charge < -0.3 is 10.1 Å². The Morgan fingerprint density at radius 1 is 1.18 bits per heavy atom. The molecule has 1 aromatic rings. The van der Waals surface area contributed by atoms with Gasteiger partial charge in [-0.3, -0.25) is 0 Å². The van der Waals surface area contributed by atoms with Gasteiger partial charge in [0.25, 0.3) is 0 Å². The summed E-state index contributed by atoms with van der Waals surface area (Å²) in [6.07, 6.45) is 2.79. The lowest BCUT2D eigenvalue weighted by Crippen LogP contribution is -2.41. The van der Waals surface area contributed by atoms with Gasteiger partial charge in [0.2, 0.25) is 0 Å². The molecule has 7 heteroatoms. The molecule has 0 amide bonds. The van der Waals surface area contributed by atoms with Crippen LogP contribution in [0.4, 0.5) is 5.82 Å². The van der Waals surface area contributed by atoms with Gasteiger partial charge in [-0.05, 0) is 33.6 Å². The molecule has 0 unspecified atom stereocenters.